The molecule has 0 fully saturated rings. The highest BCUT2D eigenvalue weighted by molar-refractivity contribution is 7.90. The van der Waals surface area contributed by atoms with Crippen molar-refractivity contribution < 1.29 is 17.9 Å². The van der Waals surface area contributed by atoms with Crippen LogP contribution < -0.4 is 20.1 Å². The van der Waals surface area contributed by atoms with Gasteiger partial charge in [0.05, 0.1) is 30.8 Å². The highest BCUT2D eigenvalue weighted by atomic mass is 32.2. The zero-order valence-corrected chi connectivity index (χ0v) is 17.4. The Morgan fingerprint density at radius 2 is 1.78 bits per heavy atom. The summed E-state index contributed by atoms with van der Waals surface area (Å²) in [5, 5.41) is 6.82. The summed E-state index contributed by atoms with van der Waals surface area (Å²) in [7, 11) is -0.0417. The minimum atomic E-state index is -3.21. The summed E-state index contributed by atoms with van der Waals surface area (Å²) >= 11 is 5.43. The van der Waals surface area contributed by atoms with Crippen molar-refractivity contribution >= 4 is 32.9 Å². The van der Waals surface area contributed by atoms with Crippen LogP contribution >= 0.6 is 12.2 Å². The Balaban J connectivity index is 2.11. The van der Waals surface area contributed by atoms with Crippen LogP contribution in [0.2, 0.25) is 0 Å². The van der Waals surface area contributed by atoms with E-state index in [4.69, 9.17) is 21.7 Å². The van der Waals surface area contributed by atoms with Gasteiger partial charge in [0, 0.05) is 12.3 Å². The molecule has 27 heavy (non-hydrogen) atoms. The van der Waals surface area contributed by atoms with Crippen molar-refractivity contribution in [2.75, 3.05) is 25.8 Å². The topological polar surface area (TPSA) is 76.7 Å². The molecule has 0 spiro atoms. The summed E-state index contributed by atoms with van der Waals surface area (Å²) in [5.41, 5.74) is 1.67. The number of rotatable bonds is 7. The largest absolute Gasteiger partial charge is 0.497 e. The molecule has 2 N–H and O–H groups in total. The second-order valence-electron chi connectivity index (χ2n) is 5.97. The molecule has 0 aliphatic carbocycles. The van der Waals surface area contributed by atoms with Gasteiger partial charge in [-0.3, -0.25) is 0 Å². The summed E-state index contributed by atoms with van der Waals surface area (Å²) < 4.78 is 33.8. The van der Waals surface area contributed by atoms with Crippen molar-refractivity contribution in [3.63, 3.8) is 0 Å². The molecule has 0 amide bonds. The maximum absolute atomic E-state index is 11.6. The predicted octanol–water partition coefficient (Wildman–Crippen LogP) is 3.55. The van der Waals surface area contributed by atoms with E-state index in [1.807, 2.05) is 19.1 Å². The molecular formula is C19H24N2O4S2. The van der Waals surface area contributed by atoms with Crippen LogP contribution in [0.5, 0.6) is 11.5 Å². The smallest absolute Gasteiger partial charge is 0.175 e. The lowest BCUT2D eigenvalue weighted by Gasteiger charge is -2.21. The van der Waals surface area contributed by atoms with Crippen LogP contribution in [-0.4, -0.2) is 34.0 Å². The molecule has 0 bridgehead atoms. The SMILES string of the molecule is CC[C@@H](NC(=S)Nc1ccc(OC)cc1OC)c1ccc(S(C)(=O)=O)cc1. The van der Waals surface area contributed by atoms with Crippen molar-refractivity contribution in [1.82, 2.24) is 5.32 Å². The van der Waals surface area contributed by atoms with E-state index in [1.165, 1.54) is 6.26 Å². The lowest BCUT2D eigenvalue weighted by molar-refractivity contribution is 0.395. The maximum atomic E-state index is 11.6. The maximum Gasteiger partial charge on any atom is 0.175 e. The van der Waals surface area contributed by atoms with Gasteiger partial charge < -0.3 is 20.1 Å². The third-order valence-corrected chi connectivity index (χ3v) is 5.43. The molecule has 2 rings (SSSR count). The molecule has 0 radical (unpaired) electrons. The van der Waals surface area contributed by atoms with Crippen LogP contribution in [0.3, 0.4) is 0 Å². The molecule has 0 aromatic heterocycles. The van der Waals surface area contributed by atoms with E-state index in [0.717, 1.165) is 17.7 Å². The number of thiocarbonyl (C=S) groups is 1. The molecule has 0 unspecified atom stereocenters. The summed E-state index contributed by atoms with van der Waals surface area (Å²) in [6, 6.07) is 12.2. The first-order valence-electron chi connectivity index (χ1n) is 8.38. The Bertz CT molecular complexity index is 896. The van der Waals surface area contributed by atoms with Crippen LogP contribution in [0.1, 0.15) is 24.9 Å². The van der Waals surface area contributed by atoms with Crippen LogP contribution in [0.4, 0.5) is 5.69 Å². The van der Waals surface area contributed by atoms with Gasteiger partial charge in [0.25, 0.3) is 0 Å². The number of sulfone groups is 1. The Labute approximate surface area is 165 Å². The number of benzene rings is 2. The van der Waals surface area contributed by atoms with E-state index in [-0.39, 0.29) is 6.04 Å². The third kappa shape index (κ3) is 5.58. The standard InChI is InChI=1S/C19H24N2O4S2/c1-5-16(13-6-9-15(10-7-13)27(4,22)23)20-19(26)21-17-11-8-14(24-2)12-18(17)25-3/h6-12,16H,5H2,1-4H3,(H2,20,21,26)/t16-/m1/s1. The summed E-state index contributed by atoms with van der Waals surface area (Å²) in [6.07, 6.45) is 1.97. The Kier molecular flexibility index (Phi) is 7.04. The van der Waals surface area contributed by atoms with Crippen LogP contribution in [0, 0.1) is 0 Å². The molecule has 2 aromatic rings. The fourth-order valence-electron chi connectivity index (χ4n) is 2.59. The number of nitrogens with one attached hydrogen (secondary N) is 2. The Hall–Kier alpha value is -2.32. The van der Waals surface area contributed by atoms with E-state index in [9.17, 15) is 8.42 Å². The molecule has 0 saturated carbocycles. The molecule has 8 heteroatoms. The van der Waals surface area contributed by atoms with Crippen molar-refractivity contribution in [2.45, 2.75) is 24.3 Å². The molecule has 1 atom stereocenters. The second kappa shape index (κ2) is 9.05. The number of hydrogen-bond acceptors (Lipinski definition) is 5. The van der Waals surface area contributed by atoms with Gasteiger partial charge in [0.2, 0.25) is 0 Å². The molecule has 6 nitrogen and oxygen atoms in total. The van der Waals surface area contributed by atoms with E-state index in [1.54, 1.807) is 44.6 Å². The quantitative estimate of drug-likeness (QED) is 0.679. The van der Waals surface area contributed by atoms with Gasteiger partial charge in [-0.2, -0.15) is 0 Å². The zero-order chi connectivity index (χ0) is 20.0. The van der Waals surface area contributed by atoms with Crippen molar-refractivity contribution in [2.24, 2.45) is 0 Å². The van der Waals surface area contributed by atoms with E-state index < -0.39 is 9.84 Å². The summed E-state index contributed by atoms with van der Waals surface area (Å²) in [4.78, 5) is 0.296. The summed E-state index contributed by atoms with van der Waals surface area (Å²) in [6.45, 7) is 2.03. The van der Waals surface area contributed by atoms with Gasteiger partial charge in [0.15, 0.2) is 14.9 Å². The van der Waals surface area contributed by atoms with E-state index >= 15 is 0 Å². The molecule has 146 valence electrons. The lowest BCUT2D eigenvalue weighted by Crippen LogP contribution is -2.32. The predicted molar refractivity (Wildman–Crippen MR) is 111 cm³/mol. The fraction of sp³-hybridized carbons (Fsp3) is 0.316. The van der Waals surface area contributed by atoms with Gasteiger partial charge >= 0.3 is 0 Å². The van der Waals surface area contributed by atoms with Gasteiger partial charge in [0.1, 0.15) is 11.5 Å². The molecule has 0 heterocycles. The van der Waals surface area contributed by atoms with E-state index in [2.05, 4.69) is 10.6 Å². The van der Waals surface area contributed by atoms with Crippen LogP contribution in [0.15, 0.2) is 47.4 Å². The minimum absolute atomic E-state index is 0.0529. The molecule has 0 saturated heterocycles. The molecule has 0 aliphatic rings. The highest BCUT2D eigenvalue weighted by Gasteiger charge is 2.14. The van der Waals surface area contributed by atoms with Gasteiger partial charge in [-0.05, 0) is 48.5 Å². The summed E-state index contributed by atoms with van der Waals surface area (Å²) in [5.74, 6) is 1.30. The monoisotopic (exact) mass is 408 g/mol. The first-order chi connectivity index (χ1) is 12.8. The first-order valence-corrected chi connectivity index (χ1v) is 10.7. The van der Waals surface area contributed by atoms with Gasteiger partial charge in [-0.15, -0.1) is 0 Å². The Morgan fingerprint density at radius 1 is 1.11 bits per heavy atom. The zero-order valence-electron chi connectivity index (χ0n) is 15.8. The minimum Gasteiger partial charge on any atom is -0.497 e. The van der Waals surface area contributed by atoms with Crippen LogP contribution in [0.25, 0.3) is 0 Å². The number of hydrogen-bond donors (Lipinski definition) is 2. The molecule has 2 aromatic carbocycles. The average molecular weight is 409 g/mol. The molecule has 0 aliphatic heterocycles. The van der Waals surface area contributed by atoms with Crippen molar-refractivity contribution in [3.8, 4) is 11.5 Å². The fourth-order valence-corrected chi connectivity index (χ4v) is 3.47. The normalized spacial score (nSPS) is 12.1. The number of ether oxygens (including phenoxy) is 2. The highest BCUT2D eigenvalue weighted by Crippen LogP contribution is 2.29. The first kappa shape index (κ1) is 21.0. The van der Waals surface area contributed by atoms with Gasteiger partial charge in [-0.25, -0.2) is 8.42 Å². The molecular weight excluding hydrogens is 384 g/mol. The lowest BCUT2D eigenvalue weighted by atomic mass is 10.1. The second-order valence-corrected chi connectivity index (χ2v) is 8.39. The number of methoxy groups -OCH3 is 2. The van der Waals surface area contributed by atoms with E-state index in [0.29, 0.717) is 21.5 Å². The average Bonchev–Trinajstić information content (AvgIpc) is 2.65. The Morgan fingerprint density at radius 3 is 2.30 bits per heavy atom. The van der Waals surface area contributed by atoms with Crippen molar-refractivity contribution in [3.05, 3.63) is 48.0 Å². The van der Waals surface area contributed by atoms with Crippen molar-refractivity contribution in [1.29, 1.82) is 0 Å². The van der Waals surface area contributed by atoms with Crippen LogP contribution in [-0.2, 0) is 9.84 Å². The van der Waals surface area contributed by atoms with Gasteiger partial charge in [-0.1, -0.05) is 19.1 Å². The third-order valence-electron chi connectivity index (χ3n) is 4.08. The number of anilines is 1.